The topological polar surface area (TPSA) is 97.6 Å². The van der Waals surface area contributed by atoms with Crippen molar-refractivity contribution in [2.45, 2.75) is 13.1 Å². The Morgan fingerprint density at radius 2 is 1.93 bits per heavy atom. The fraction of sp³-hybridized carbons (Fsp3) is 0.143. The van der Waals surface area contributed by atoms with E-state index in [1.165, 1.54) is 12.1 Å². The third kappa shape index (κ3) is 3.25. The van der Waals surface area contributed by atoms with Crippen LogP contribution in [-0.2, 0) is 0 Å². The first-order valence-electron chi connectivity index (χ1n) is 8.93. The number of non-ortho nitro benzene ring substituents is 1. The van der Waals surface area contributed by atoms with Crippen molar-refractivity contribution < 1.29 is 14.5 Å². The van der Waals surface area contributed by atoms with Crippen molar-refractivity contribution in [2.75, 3.05) is 17.3 Å². The van der Waals surface area contributed by atoms with E-state index in [-0.39, 0.29) is 11.6 Å². The Bertz CT molecular complexity index is 1100. The first-order valence-corrected chi connectivity index (χ1v) is 8.93. The van der Waals surface area contributed by atoms with Crippen LogP contribution in [0.5, 0.6) is 5.75 Å². The van der Waals surface area contributed by atoms with Gasteiger partial charge in [0.1, 0.15) is 5.75 Å². The van der Waals surface area contributed by atoms with E-state index in [0.29, 0.717) is 33.9 Å². The summed E-state index contributed by atoms with van der Waals surface area (Å²) in [6.07, 6.45) is 1.09. The minimum absolute atomic E-state index is 0.0149. The number of carbonyl (C=O) groups is 1. The van der Waals surface area contributed by atoms with Gasteiger partial charge >= 0.3 is 0 Å². The quantitative estimate of drug-likeness (QED) is 0.521. The largest absolute Gasteiger partial charge is 0.497 e. The van der Waals surface area contributed by atoms with E-state index >= 15 is 0 Å². The number of nitro benzene ring substituents is 1. The number of amides is 1. The number of fused-ring (bicyclic) bond motifs is 1. The van der Waals surface area contributed by atoms with Gasteiger partial charge in [-0.1, -0.05) is 0 Å². The molecule has 146 valence electrons. The van der Waals surface area contributed by atoms with E-state index in [9.17, 15) is 14.9 Å². The van der Waals surface area contributed by atoms with Gasteiger partial charge in [-0.2, -0.15) is 0 Å². The van der Waals surface area contributed by atoms with Crippen molar-refractivity contribution >= 4 is 23.0 Å². The lowest BCUT2D eigenvalue weighted by molar-refractivity contribution is -0.384. The average molecular weight is 390 g/mol. The molecule has 1 atom stereocenters. The summed E-state index contributed by atoms with van der Waals surface area (Å²) in [6, 6.07) is 15.2. The number of nitro groups is 1. The molecule has 0 radical (unpaired) electrons. The molecule has 1 aromatic heterocycles. The van der Waals surface area contributed by atoms with Crippen LogP contribution in [0, 0.1) is 17.0 Å². The van der Waals surface area contributed by atoms with E-state index in [4.69, 9.17) is 4.74 Å². The number of hydrogen-bond acceptors (Lipinski definition) is 6. The molecule has 1 amide bonds. The van der Waals surface area contributed by atoms with Crippen molar-refractivity contribution in [3.05, 3.63) is 87.7 Å². The predicted octanol–water partition coefficient (Wildman–Crippen LogP) is 4.08. The summed E-state index contributed by atoms with van der Waals surface area (Å²) in [4.78, 5) is 29.7. The molecule has 0 saturated carbocycles. The molecule has 0 aliphatic carbocycles. The van der Waals surface area contributed by atoms with E-state index in [1.54, 1.807) is 67.6 Å². The third-order valence-corrected chi connectivity index (χ3v) is 4.87. The molecule has 0 saturated heterocycles. The molecule has 1 N–H and O–H groups in total. The first-order chi connectivity index (χ1) is 14.0. The van der Waals surface area contributed by atoms with Crippen LogP contribution in [-0.4, -0.2) is 22.9 Å². The van der Waals surface area contributed by atoms with Gasteiger partial charge in [-0.05, 0) is 55.0 Å². The zero-order chi connectivity index (χ0) is 20.5. The van der Waals surface area contributed by atoms with E-state index in [2.05, 4.69) is 10.3 Å². The summed E-state index contributed by atoms with van der Waals surface area (Å²) in [5.41, 5.74) is 3.20. The van der Waals surface area contributed by atoms with Gasteiger partial charge in [0.25, 0.3) is 11.6 Å². The monoisotopic (exact) mass is 390 g/mol. The third-order valence-electron chi connectivity index (χ3n) is 4.87. The summed E-state index contributed by atoms with van der Waals surface area (Å²) < 4.78 is 5.20. The minimum atomic E-state index is -0.549. The molecule has 8 nitrogen and oxygen atoms in total. The van der Waals surface area contributed by atoms with Gasteiger partial charge in [-0.25, -0.2) is 0 Å². The number of methoxy groups -OCH3 is 1. The second kappa shape index (κ2) is 7.23. The van der Waals surface area contributed by atoms with Crippen molar-refractivity contribution in [1.29, 1.82) is 0 Å². The van der Waals surface area contributed by atoms with Gasteiger partial charge < -0.3 is 10.1 Å². The summed E-state index contributed by atoms with van der Waals surface area (Å²) >= 11 is 0. The first kappa shape index (κ1) is 18.4. The van der Waals surface area contributed by atoms with E-state index < -0.39 is 11.1 Å². The molecule has 2 aromatic carbocycles. The highest BCUT2D eigenvalue weighted by molar-refractivity contribution is 6.11. The number of nitrogens with one attached hydrogen (secondary N) is 1. The number of nitrogens with zero attached hydrogens (tertiary/aromatic N) is 3. The highest BCUT2D eigenvalue weighted by Crippen LogP contribution is 2.38. The number of hydrogen-bond donors (Lipinski definition) is 1. The molecular formula is C21H18N4O4. The zero-order valence-corrected chi connectivity index (χ0v) is 15.8. The highest BCUT2D eigenvalue weighted by atomic mass is 16.6. The van der Waals surface area contributed by atoms with Crippen molar-refractivity contribution in [3.63, 3.8) is 0 Å². The summed E-state index contributed by atoms with van der Waals surface area (Å²) in [6.45, 7) is 1.78. The number of carbonyl (C=O) groups excluding carboxylic acids is 1. The van der Waals surface area contributed by atoms with Crippen LogP contribution in [0.4, 0.5) is 17.1 Å². The number of pyridine rings is 1. The molecule has 1 aliphatic rings. The van der Waals surface area contributed by atoms with Gasteiger partial charge in [0.15, 0.2) is 6.17 Å². The molecule has 4 rings (SSSR count). The molecule has 0 fully saturated rings. The molecule has 29 heavy (non-hydrogen) atoms. The molecule has 0 spiro atoms. The highest BCUT2D eigenvalue weighted by Gasteiger charge is 2.39. The number of aromatic nitrogens is 1. The zero-order valence-electron chi connectivity index (χ0n) is 15.8. The lowest BCUT2D eigenvalue weighted by Crippen LogP contribution is -2.32. The van der Waals surface area contributed by atoms with E-state index in [0.717, 1.165) is 0 Å². The molecule has 8 heteroatoms. The molecule has 0 unspecified atom stereocenters. The van der Waals surface area contributed by atoms with Crippen LogP contribution >= 0.6 is 0 Å². The second-order valence-electron chi connectivity index (χ2n) is 6.61. The maximum atomic E-state index is 13.1. The average Bonchev–Trinajstić information content (AvgIpc) is 3.01. The summed E-state index contributed by atoms with van der Waals surface area (Å²) in [7, 11) is 1.58. The number of aryl methyl sites for hydroxylation is 1. The molecule has 2 heterocycles. The molecule has 3 aromatic rings. The van der Waals surface area contributed by atoms with Gasteiger partial charge in [0.2, 0.25) is 0 Å². The fourth-order valence-corrected chi connectivity index (χ4v) is 3.40. The smallest absolute Gasteiger partial charge is 0.269 e. The Labute approximate surface area is 166 Å². The van der Waals surface area contributed by atoms with Crippen LogP contribution in [0.15, 0.2) is 60.8 Å². The van der Waals surface area contributed by atoms with Crippen LogP contribution in [0.3, 0.4) is 0 Å². The SMILES string of the molecule is COc1ccc(N2C(=O)c3cccnc3[C@H]2Nc2ccc([N+](=O)[O-])cc2C)cc1. The summed E-state index contributed by atoms with van der Waals surface area (Å²) in [5, 5.41) is 14.3. The van der Waals surface area contributed by atoms with Crippen LogP contribution in [0.1, 0.15) is 27.8 Å². The Hall–Kier alpha value is -3.94. The van der Waals surface area contributed by atoms with Gasteiger partial charge in [0, 0.05) is 29.7 Å². The van der Waals surface area contributed by atoms with Gasteiger partial charge in [-0.3, -0.25) is 24.8 Å². The molecular weight excluding hydrogens is 372 g/mol. The number of anilines is 2. The molecule has 0 bridgehead atoms. The van der Waals surface area contributed by atoms with Gasteiger partial charge in [-0.15, -0.1) is 0 Å². The molecule has 1 aliphatic heterocycles. The number of ether oxygens (including phenoxy) is 1. The van der Waals surface area contributed by atoms with Crippen LogP contribution < -0.4 is 15.0 Å². The summed E-state index contributed by atoms with van der Waals surface area (Å²) in [5.74, 6) is 0.516. The number of rotatable bonds is 5. The van der Waals surface area contributed by atoms with Crippen molar-refractivity contribution in [3.8, 4) is 5.75 Å². The maximum absolute atomic E-state index is 13.1. The van der Waals surface area contributed by atoms with Gasteiger partial charge in [0.05, 0.1) is 23.3 Å². The predicted molar refractivity (Wildman–Crippen MR) is 108 cm³/mol. The second-order valence-corrected chi connectivity index (χ2v) is 6.61. The Balaban J connectivity index is 1.75. The lowest BCUT2D eigenvalue weighted by atomic mass is 10.1. The number of benzene rings is 2. The Kier molecular flexibility index (Phi) is 4.59. The minimum Gasteiger partial charge on any atom is -0.497 e. The standard InChI is InChI=1S/C21H18N4O4/c1-13-12-15(25(27)28)7-10-18(13)23-20-19-17(4-3-11-22-19)21(26)24(20)14-5-8-16(29-2)9-6-14/h3-12,20,23H,1-2H3/t20-/m0/s1. The Morgan fingerprint density at radius 1 is 1.17 bits per heavy atom. The van der Waals surface area contributed by atoms with Crippen LogP contribution in [0.2, 0.25) is 0 Å². The lowest BCUT2D eigenvalue weighted by Gasteiger charge is -2.27. The van der Waals surface area contributed by atoms with Crippen molar-refractivity contribution in [2.24, 2.45) is 0 Å². The van der Waals surface area contributed by atoms with Crippen molar-refractivity contribution in [1.82, 2.24) is 4.98 Å². The maximum Gasteiger partial charge on any atom is 0.269 e. The van der Waals surface area contributed by atoms with Crippen LogP contribution in [0.25, 0.3) is 0 Å². The van der Waals surface area contributed by atoms with E-state index in [1.807, 2.05) is 0 Å². The normalized spacial score (nSPS) is 15.2. The Morgan fingerprint density at radius 3 is 2.59 bits per heavy atom. The fourth-order valence-electron chi connectivity index (χ4n) is 3.40.